The number of ketones is 2. The van der Waals surface area contributed by atoms with Crippen molar-refractivity contribution >= 4 is 23.5 Å². The molecule has 0 aromatic carbocycles. The molecule has 31 heavy (non-hydrogen) atoms. The van der Waals surface area contributed by atoms with Crippen molar-refractivity contribution in [2.45, 2.75) is 84.5 Å². The fourth-order valence-electron chi connectivity index (χ4n) is 8.11. The van der Waals surface area contributed by atoms with Crippen molar-refractivity contribution in [3.63, 3.8) is 0 Å². The fourth-order valence-corrected chi connectivity index (χ4v) is 8.11. The van der Waals surface area contributed by atoms with E-state index in [0.29, 0.717) is 29.5 Å². The number of ether oxygens (including phenoxy) is 1. The van der Waals surface area contributed by atoms with Crippen LogP contribution in [0.4, 0.5) is 0 Å². The van der Waals surface area contributed by atoms with E-state index in [1.807, 2.05) is 0 Å². The number of carbonyl (C=O) groups excluding carboxylic acids is 3. The molecule has 6 nitrogen and oxygen atoms in total. The maximum atomic E-state index is 13.0. The van der Waals surface area contributed by atoms with Gasteiger partial charge in [0.2, 0.25) is 0 Å². The monoisotopic (exact) mass is 432 g/mol. The van der Waals surface area contributed by atoms with Crippen molar-refractivity contribution in [2.24, 2.45) is 40.4 Å². The van der Waals surface area contributed by atoms with E-state index in [0.717, 1.165) is 51.4 Å². The minimum Gasteiger partial charge on any atom is -0.481 e. The summed E-state index contributed by atoms with van der Waals surface area (Å²) >= 11 is 0. The highest BCUT2D eigenvalue weighted by molar-refractivity contribution is 5.86. The van der Waals surface area contributed by atoms with Gasteiger partial charge in [0, 0.05) is 18.8 Å². The molecule has 6 heteroatoms. The van der Waals surface area contributed by atoms with E-state index < -0.39 is 11.9 Å². The maximum absolute atomic E-state index is 13.0. The van der Waals surface area contributed by atoms with Gasteiger partial charge in [0.05, 0.1) is 12.8 Å². The summed E-state index contributed by atoms with van der Waals surface area (Å²) in [5, 5.41) is 8.68. The van der Waals surface area contributed by atoms with Gasteiger partial charge in [0.25, 0.3) is 0 Å². The molecule has 0 aromatic heterocycles. The predicted octanol–water partition coefficient (Wildman–Crippen LogP) is 4.19. The molecule has 7 atom stereocenters. The molecule has 0 unspecified atom stereocenters. The minimum atomic E-state index is -1.04. The number of esters is 1. The lowest BCUT2D eigenvalue weighted by molar-refractivity contribution is -0.154. The molecular formula is C25H36O6. The highest BCUT2D eigenvalue weighted by atomic mass is 16.5. The molecule has 0 spiro atoms. The van der Waals surface area contributed by atoms with Crippen molar-refractivity contribution < 1.29 is 29.0 Å². The number of Topliss-reactive ketones (excluding diaryl/α,β-unsaturated/α-hetero) is 2. The highest BCUT2D eigenvalue weighted by Gasteiger charge is 2.61. The Morgan fingerprint density at radius 3 is 2.45 bits per heavy atom. The fraction of sp³-hybridized carbons (Fsp3) is 0.840. The number of rotatable bonds is 6. The molecular weight excluding hydrogens is 396 g/mol. The standard InChI is InChI=1S/C25H36O6/c1-24-11-9-16(26)13-15(24)3-4-17-18-5-6-20(25(18,2)12-10-19(17)24)21(27)14-31-23(30)8-7-22(28)29/h15,17-20H,3-14H2,1-2H3,(H,28,29)/t15-,17-,18-,19+,20+,24-,25-/m0/s1. The zero-order valence-electron chi connectivity index (χ0n) is 18.9. The average Bonchev–Trinajstić information content (AvgIpc) is 3.08. The van der Waals surface area contributed by atoms with E-state index in [9.17, 15) is 19.2 Å². The van der Waals surface area contributed by atoms with Gasteiger partial charge in [-0.25, -0.2) is 0 Å². The first kappa shape index (κ1) is 22.5. The second-order valence-corrected chi connectivity index (χ2v) is 11.1. The van der Waals surface area contributed by atoms with Crippen molar-refractivity contribution in [3.05, 3.63) is 0 Å². The van der Waals surface area contributed by atoms with Gasteiger partial charge in [-0.05, 0) is 79.4 Å². The van der Waals surface area contributed by atoms with Gasteiger partial charge in [-0.1, -0.05) is 13.8 Å². The summed E-state index contributed by atoms with van der Waals surface area (Å²) in [6, 6.07) is 0. The number of hydrogen-bond acceptors (Lipinski definition) is 5. The molecule has 4 aliphatic carbocycles. The molecule has 172 valence electrons. The maximum Gasteiger partial charge on any atom is 0.306 e. The molecule has 1 N–H and O–H groups in total. The third-order valence-corrected chi connectivity index (χ3v) is 9.79. The summed E-state index contributed by atoms with van der Waals surface area (Å²) in [6.45, 7) is 4.47. The minimum absolute atomic E-state index is 0.00437. The Balaban J connectivity index is 1.41. The summed E-state index contributed by atoms with van der Waals surface area (Å²) in [6.07, 6.45) is 8.41. The van der Waals surface area contributed by atoms with E-state index in [2.05, 4.69) is 13.8 Å². The van der Waals surface area contributed by atoms with Crippen LogP contribution in [0.15, 0.2) is 0 Å². The first-order valence-corrected chi connectivity index (χ1v) is 12.1. The van der Waals surface area contributed by atoms with Crippen LogP contribution in [0.1, 0.15) is 84.5 Å². The van der Waals surface area contributed by atoms with E-state index in [1.165, 1.54) is 6.42 Å². The Kier molecular flexibility index (Phi) is 6.04. The largest absolute Gasteiger partial charge is 0.481 e. The van der Waals surface area contributed by atoms with Crippen molar-refractivity contribution in [1.29, 1.82) is 0 Å². The van der Waals surface area contributed by atoms with Gasteiger partial charge in [0.1, 0.15) is 12.4 Å². The Hall–Kier alpha value is -1.72. The third kappa shape index (κ3) is 3.95. The van der Waals surface area contributed by atoms with Crippen LogP contribution in [0, 0.1) is 40.4 Å². The van der Waals surface area contributed by atoms with Gasteiger partial charge >= 0.3 is 11.9 Å². The molecule has 0 saturated heterocycles. The van der Waals surface area contributed by atoms with E-state index >= 15 is 0 Å². The second-order valence-electron chi connectivity index (χ2n) is 11.1. The molecule has 0 aliphatic heterocycles. The van der Waals surface area contributed by atoms with Crippen LogP contribution in [0.25, 0.3) is 0 Å². The van der Waals surface area contributed by atoms with E-state index in [1.54, 1.807) is 0 Å². The van der Waals surface area contributed by atoms with Gasteiger partial charge < -0.3 is 9.84 Å². The molecule has 0 amide bonds. The van der Waals surface area contributed by atoms with Gasteiger partial charge in [-0.2, -0.15) is 0 Å². The van der Waals surface area contributed by atoms with E-state index in [4.69, 9.17) is 9.84 Å². The number of hydrogen-bond donors (Lipinski definition) is 1. The lowest BCUT2D eigenvalue weighted by Gasteiger charge is -2.60. The van der Waals surface area contributed by atoms with Gasteiger partial charge in [-0.3, -0.25) is 19.2 Å². The molecule has 4 rings (SSSR count). The topological polar surface area (TPSA) is 97.7 Å². The quantitative estimate of drug-likeness (QED) is 0.632. The Morgan fingerprint density at radius 2 is 1.71 bits per heavy atom. The van der Waals surface area contributed by atoms with Crippen LogP contribution < -0.4 is 0 Å². The molecule has 4 fully saturated rings. The van der Waals surface area contributed by atoms with Gasteiger partial charge in [0.15, 0.2) is 5.78 Å². The van der Waals surface area contributed by atoms with Gasteiger partial charge in [-0.15, -0.1) is 0 Å². The summed E-state index contributed by atoms with van der Waals surface area (Å²) in [7, 11) is 0. The molecule has 0 bridgehead atoms. The average molecular weight is 433 g/mol. The summed E-state index contributed by atoms with van der Waals surface area (Å²) < 4.78 is 5.11. The zero-order valence-corrected chi connectivity index (χ0v) is 18.9. The molecule has 0 aromatic rings. The van der Waals surface area contributed by atoms with Crippen LogP contribution in [-0.2, 0) is 23.9 Å². The van der Waals surface area contributed by atoms with Crippen molar-refractivity contribution in [1.82, 2.24) is 0 Å². The Morgan fingerprint density at radius 1 is 0.968 bits per heavy atom. The Labute approximate surface area is 184 Å². The SMILES string of the molecule is C[C@]12CCC(=O)C[C@@H]1CC[C@@H]1[C@H]2CC[C@]2(C)[C@@H](C(=O)COC(=O)CCC(=O)O)CC[C@@H]12. The molecule has 4 aliphatic rings. The predicted molar refractivity (Wildman–Crippen MR) is 113 cm³/mol. The molecule has 0 heterocycles. The number of aliphatic carboxylic acids is 1. The lowest BCUT2D eigenvalue weighted by Crippen LogP contribution is -2.54. The Bertz CT molecular complexity index is 774. The second kappa shape index (κ2) is 8.32. The van der Waals surface area contributed by atoms with Crippen molar-refractivity contribution in [2.75, 3.05) is 6.61 Å². The lowest BCUT2D eigenvalue weighted by atomic mass is 9.44. The van der Waals surface area contributed by atoms with Crippen LogP contribution in [0.2, 0.25) is 0 Å². The van der Waals surface area contributed by atoms with Crippen LogP contribution in [0.3, 0.4) is 0 Å². The van der Waals surface area contributed by atoms with Crippen LogP contribution in [0.5, 0.6) is 0 Å². The highest BCUT2D eigenvalue weighted by Crippen LogP contribution is 2.67. The summed E-state index contributed by atoms with van der Waals surface area (Å²) in [5.74, 6) is 1.03. The number of carboxylic acid groups (broad SMARTS) is 1. The normalized spacial score (nSPS) is 41.6. The number of carbonyl (C=O) groups is 4. The summed E-state index contributed by atoms with van der Waals surface area (Å²) in [4.78, 5) is 47.4. The molecule has 0 radical (unpaired) electrons. The first-order chi connectivity index (χ1) is 14.6. The third-order valence-electron chi connectivity index (χ3n) is 9.79. The zero-order chi connectivity index (χ0) is 22.4. The first-order valence-electron chi connectivity index (χ1n) is 12.1. The smallest absolute Gasteiger partial charge is 0.306 e. The number of fused-ring (bicyclic) bond motifs is 5. The van der Waals surface area contributed by atoms with Crippen LogP contribution in [-0.4, -0.2) is 35.2 Å². The number of carboxylic acids is 1. The van der Waals surface area contributed by atoms with Crippen molar-refractivity contribution in [3.8, 4) is 0 Å². The molecule has 4 saturated carbocycles. The van der Waals surface area contributed by atoms with Crippen LogP contribution >= 0.6 is 0 Å². The summed E-state index contributed by atoms with van der Waals surface area (Å²) in [5.41, 5.74) is 0.222. The van der Waals surface area contributed by atoms with E-state index in [-0.39, 0.29) is 42.0 Å².